The summed E-state index contributed by atoms with van der Waals surface area (Å²) in [5.74, 6) is 1.04. The normalized spacial score (nSPS) is 16.4. The van der Waals surface area contributed by atoms with Crippen LogP contribution in [0.5, 0.6) is 17.2 Å². The van der Waals surface area contributed by atoms with Gasteiger partial charge in [-0.15, -0.1) is 0 Å². The molecule has 1 aliphatic rings. The van der Waals surface area contributed by atoms with E-state index in [4.69, 9.17) is 14.2 Å². The zero-order chi connectivity index (χ0) is 20.1. The van der Waals surface area contributed by atoms with Crippen LogP contribution in [0, 0.1) is 5.82 Å². The van der Waals surface area contributed by atoms with Crippen molar-refractivity contribution in [1.29, 1.82) is 0 Å². The fourth-order valence-electron chi connectivity index (χ4n) is 3.50. The summed E-state index contributed by atoms with van der Waals surface area (Å²) in [6.07, 6.45) is 4.84. The van der Waals surface area contributed by atoms with E-state index in [1.54, 1.807) is 32.4 Å². The lowest BCUT2D eigenvalue weighted by Gasteiger charge is -2.25. The molecule has 1 aliphatic heterocycles. The first-order chi connectivity index (χ1) is 13.6. The molecule has 1 atom stereocenters. The molecule has 1 saturated heterocycles. The van der Waals surface area contributed by atoms with Gasteiger partial charge in [0.1, 0.15) is 11.5 Å². The Balaban J connectivity index is 1.81. The van der Waals surface area contributed by atoms with Crippen molar-refractivity contribution in [3.63, 3.8) is 0 Å². The number of hydrogen-bond acceptors (Lipinski definition) is 4. The smallest absolute Gasteiger partial charge is 0.247 e. The molecule has 0 aliphatic carbocycles. The maximum absolute atomic E-state index is 13.8. The molecule has 2 aromatic carbocycles. The van der Waals surface area contributed by atoms with Gasteiger partial charge in [-0.1, -0.05) is 6.07 Å². The zero-order valence-electron chi connectivity index (χ0n) is 16.3. The van der Waals surface area contributed by atoms with Gasteiger partial charge in [-0.05, 0) is 54.8 Å². The van der Waals surface area contributed by atoms with Crippen molar-refractivity contribution in [2.24, 2.45) is 0 Å². The van der Waals surface area contributed by atoms with Gasteiger partial charge in [0.25, 0.3) is 0 Å². The molecular weight excluding hydrogens is 361 g/mol. The van der Waals surface area contributed by atoms with Crippen LogP contribution in [0.4, 0.5) is 4.39 Å². The van der Waals surface area contributed by atoms with E-state index in [1.807, 2.05) is 23.1 Å². The molecule has 28 heavy (non-hydrogen) atoms. The Morgan fingerprint density at radius 3 is 2.50 bits per heavy atom. The van der Waals surface area contributed by atoms with Crippen LogP contribution in [0.15, 0.2) is 42.5 Å². The SMILES string of the molecule is COc1ccc(OC)c(C2CCCN2C(=O)/C=C/c2ccc(OC)c(F)c2)c1. The molecule has 1 fully saturated rings. The predicted octanol–water partition coefficient (Wildman–Crippen LogP) is 4.23. The minimum atomic E-state index is -0.461. The fraction of sp³-hybridized carbons (Fsp3) is 0.318. The van der Waals surface area contributed by atoms with Crippen LogP contribution in [0.1, 0.15) is 30.0 Å². The predicted molar refractivity (Wildman–Crippen MR) is 105 cm³/mol. The van der Waals surface area contributed by atoms with E-state index in [0.29, 0.717) is 12.1 Å². The second-order valence-electron chi connectivity index (χ2n) is 6.52. The van der Waals surface area contributed by atoms with E-state index in [2.05, 4.69) is 0 Å². The van der Waals surface area contributed by atoms with Gasteiger partial charge >= 0.3 is 0 Å². The third-order valence-corrected chi connectivity index (χ3v) is 4.93. The van der Waals surface area contributed by atoms with Gasteiger partial charge in [-0.3, -0.25) is 4.79 Å². The second-order valence-corrected chi connectivity index (χ2v) is 6.52. The summed E-state index contributed by atoms with van der Waals surface area (Å²) in [5, 5.41) is 0. The van der Waals surface area contributed by atoms with Gasteiger partial charge in [-0.25, -0.2) is 4.39 Å². The number of carbonyl (C=O) groups excluding carboxylic acids is 1. The number of methoxy groups -OCH3 is 3. The Morgan fingerprint density at radius 1 is 1.07 bits per heavy atom. The number of benzene rings is 2. The first-order valence-electron chi connectivity index (χ1n) is 9.11. The summed E-state index contributed by atoms with van der Waals surface area (Å²) in [7, 11) is 4.64. The third kappa shape index (κ3) is 4.11. The summed E-state index contributed by atoms with van der Waals surface area (Å²) >= 11 is 0. The van der Waals surface area contributed by atoms with Crippen LogP contribution in [-0.2, 0) is 4.79 Å². The highest BCUT2D eigenvalue weighted by Gasteiger charge is 2.31. The van der Waals surface area contributed by atoms with Crippen molar-refractivity contribution >= 4 is 12.0 Å². The fourth-order valence-corrected chi connectivity index (χ4v) is 3.50. The van der Waals surface area contributed by atoms with E-state index in [9.17, 15) is 9.18 Å². The Kier molecular flexibility index (Phi) is 6.19. The molecule has 6 heteroatoms. The van der Waals surface area contributed by atoms with Gasteiger partial charge in [-0.2, -0.15) is 0 Å². The van der Waals surface area contributed by atoms with Gasteiger partial charge in [0.05, 0.1) is 27.4 Å². The van der Waals surface area contributed by atoms with Crippen LogP contribution in [-0.4, -0.2) is 38.7 Å². The Labute approximate surface area is 164 Å². The molecule has 3 rings (SSSR count). The molecule has 0 radical (unpaired) electrons. The van der Waals surface area contributed by atoms with Crippen LogP contribution >= 0.6 is 0 Å². The van der Waals surface area contributed by atoms with Crippen molar-refractivity contribution in [2.45, 2.75) is 18.9 Å². The van der Waals surface area contributed by atoms with Crippen LogP contribution in [0.3, 0.4) is 0 Å². The monoisotopic (exact) mass is 385 g/mol. The van der Waals surface area contributed by atoms with Gasteiger partial charge < -0.3 is 19.1 Å². The van der Waals surface area contributed by atoms with Gasteiger partial charge in [0.2, 0.25) is 5.91 Å². The lowest BCUT2D eigenvalue weighted by Crippen LogP contribution is -2.29. The number of halogens is 1. The molecule has 0 bridgehead atoms. The van der Waals surface area contributed by atoms with Crippen molar-refractivity contribution in [2.75, 3.05) is 27.9 Å². The highest BCUT2D eigenvalue weighted by molar-refractivity contribution is 5.92. The summed E-state index contributed by atoms with van der Waals surface area (Å²) in [6, 6.07) is 10.1. The maximum Gasteiger partial charge on any atom is 0.247 e. The van der Waals surface area contributed by atoms with E-state index >= 15 is 0 Å². The maximum atomic E-state index is 13.8. The molecule has 1 unspecified atom stereocenters. The van der Waals surface area contributed by atoms with Crippen LogP contribution in [0.25, 0.3) is 6.08 Å². The molecule has 0 N–H and O–H groups in total. The number of carbonyl (C=O) groups is 1. The average molecular weight is 385 g/mol. The lowest BCUT2D eigenvalue weighted by atomic mass is 10.0. The van der Waals surface area contributed by atoms with E-state index in [1.165, 1.54) is 19.3 Å². The topological polar surface area (TPSA) is 48.0 Å². The number of ether oxygens (including phenoxy) is 3. The van der Waals surface area contributed by atoms with Gasteiger partial charge in [0.15, 0.2) is 11.6 Å². The van der Waals surface area contributed by atoms with Crippen molar-refractivity contribution < 1.29 is 23.4 Å². The minimum Gasteiger partial charge on any atom is -0.497 e. The number of rotatable bonds is 6. The largest absolute Gasteiger partial charge is 0.497 e. The number of likely N-dealkylation sites (tertiary alicyclic amines) is 1. The Hall–Kier alpha value is -3.02. The lowest BCUT2D eigenvalue weighted by molar-refractivity contribution is -0.126. The third-order valence-electron chi connectivity index (χ3n) is 4.93. The summed E-state index contributed by atoms with van der Waals surface area (Å²) in [5.41, 5.74) is 1.53. The van der Waals surface area contributed by atoms with Crippen LogP contribution in [0.2, 0.25) is 0 Å². The number of hydrogen-bond donors (Lipinski definition) is 0. The van der Waals surface area contributed by atoms with Crippen molar-refractivity contribution in [1.82, 2.24) is 4.90 Å². The Bertz CT molecular complexity index is 881. The minimum absolute atomic E-state index is 0.0881. The molecule has 0 saturated carbocycles. The second kappa shape index (κ2) is 8.78. The molecule has 1 heterocycles. The van der Waals surface area contributed by atoms with E-state index in [0.717, 1.165) is 29.9 Å². The molecular formula is C22H24FNO4. The van der Waals surface area contributed by atoms with E-state index < -0.39 is 5.82 Å². The Morgan fingerprint density at radius 2 is 1.82 bits per heavy atom. The average Bonchev–Trinajstić information content (AvgIpc) is 3.21. The summed E-state index contributed by atoms with van der Waals surface area (Å²) in [4.78, 5) is 14.6. The van der Waals surface area contributed by atoms with Crippen molar-refractivity contribution in [3.05, 3.63) is 59.4 Å². The summed E-state index contributed by atoms with van der Waals surface area (Å²) < 4.78 is 29.6. The summed E-state index contributed by atoms with van der Waals surface area (Å²) in [6.45, 7) is 0.658. The van der Waals surface area contributed by atoms with Crippen molar-refractivity contribution in [3.8, 4) is 17.2 Å². The zero-order valence-corrected chi connectivity index (χ0v) is 16.3. The molecule has 0 aromatic heterocycles. The quantitative estimate of drug-likeness (QED) is 0.699. The highest BCUT2D eigenvalue weighted by Crippen LogP contribution is 2.39. The van der Waals surface area contributed by atoms with Crippen LogP contribution < -0.4 is 14.2 Å². The standard InChI is InChI=1S/C22H24FNO4/c1-26-16-8-10-20(27-2)17(14-16)19-5-4-12-24(19)22(25)11-7-15-6-9-21(28-3)18(23)13-15/h6-11,13-14,19H,4-5,12H2,1-3H3/b11-7+. The first kappa shape index (κ1) is 19.7. The molecule has 5 nitrogen and oxygen atoms in total. The first-order valence-corrected chi connectivity index (χ1v) is 9.11. The number of amides is 1. The molecule has 0 spiro atoms. The van der Waals surface area contributed by atoms with E-state index in [-0.39, 0.29) is 17.7 Å². The molecule has 1 amide bonds. The number of nitrogens with zero attached hydrogens (tertiary/aromatic N) is 1. The van der Waals surface area contributed by atoms with Gasteiger partial charge in [0, 0.05) is 18.2 Å². The molecule has 148 valence electrons. The molecule has 2 aromatic rings. The highest BCUT2D eigenvalue weighted by atomic mass is 19.1.